The molecule has 0 radical (unpaired) electrons. The minimum Gasteiger partial charge on any atom is -0.336 e. The van der Waals surface area contributed by atoms with Gasteiger partial charge in [0.1, 0.15) is 0 Å². The van der Waals surface area contributed by atoms with Gasteiger partial charge in [-0.2, -0.15) is 5.26 Å². The fraction of sp³-hybridized carbons (Fsp3) is 0.429. The lowest BCUT2D eigenvalue weighted by Gasteiger charge is -2.34. The molecule has 1 aliphatic heterocycles. The summed E-state index contributed by atoms with van der Waals surface area (Å²) in [7, 11) is 0. The van der Waals surface area contributed by atoms with E-state index in [4.69, 9.17) is 5.26 Å². The molecule has 112 valence electrons. The van der Waals surface area contributed by atoms with Crippen molar-refractivity contribution in [3.8, 4) is 6.07 Å². The first-order chi connectivity index (χ1) is 10.0. The van der Waals surface area contributed by atoms with Gasteiger partial charge in [-0.3, -0.25) is 9.69 Å². The molecule has 7 heteroatoms. The van der Waals surface area contributed by atoms with E-state index >= 15 is 0 Å². The highest BCUT2D eigenvalue weighted by atomic mass is 19.2. The molecule has 1 fully saturated rings. The van der Waals surface area contributed by atoms with Crippen LogP contribution in [-0.4, -0.2) is 48.4 Å². The summed E-state index contributed by atoms with van der Waals surface area (Å²) in [6.45, 7) is 2.49. The quantitative estimate of drug-likeness (QED) is 0.799. The van der Waals surface area contributed by atoms with Crippen LogP contribution in [0.25, 0.3) is 0 Å². The number of piperazine rings is 1. The number of rotatable bonds is 3. The number of hydrogen-bond acceptors (Lipinski definition) is 3. The average Bonchev–Trinajstić information content (AvgIpc) is 2.51. The number of amides is 1. The van der Waals surface area contributed by atoms with Crippen LogP contribution in [0.1, 0.15) is 16.8 Å². The van der Waals surface area contributed by atoms with Crippen LogP contribution in [0.3, 0.4) is 0 Å². The molecule has 0 spiro atoms. The Hall–Kier alpha value is -2.07. The van der Waals surface area contributed by atoms with E-state index in [9.17, 15) is 18.0 Å². The third-order valence-electron chi connectivity index (χ3n) is 3.46. The Morgan fingerprint density at radius 2 is 1.81 bits per heavy atom. The summed E-state index contributed by atoms with van der Waals surface area (Å²) < 4.78 is 39.6. The highest BCUT2D eigenvalue weighted by molar-refractivity contribution is 5.94. The first-order valence-electron chi connectivity index (χ1n) is 6.56. The number of nitrogens with zero attached hydrogens (tertiary/aromatic N) is 3. The molecule has 1 saturated heterocycles. The molecule has 0 N–H and O–H groups in total. The SMILES string of the molecule is N#CCCN1CCN(C(=O)c2ccc(F)c(F)c2F)CC1. The van der Waals surface area contributed by atoms with Crippen molar-refractivity contribution in [3.05, 3.63) is 35.1 Å². The van der Waals surface area contributed by atoms with Crippen molar-refractivity contribution in [2.45, 2.75) is 6.42 Å². The third kappa shape index (κ3) is 3.34. The van der Waals surface area contributed by atoms with Gasteiger partial charge >= 0.3 is 0 Å². The number of hydrogen-bond donors (Lipinski definition) is 0. The van der Waals surface area contributed by atoms with Crippen molar-refractivity contribution >= 4 is 5.91 Å². The first-order valence-corrected chi connectivity index (χ1v) is 6.56. The monoisotopic (exact) mass is 297 g/mol. The van der Waals surface area contributed by atoms with Crippen molar-refractivity contribution in [2.75, 3.05) is 32.7 Å². The lowest BCUT2D eigenvalue weighted by molar-refractivity contribution is 0.0634. The summed E-state index contributed by atoms with van der Waals surface area (Å²) in [5, 5.41) is 8.52. The predicted octanol–water partition coefficient (Wildman–Crippen LogP) is 1.78. The second-order valence-corrected chi connectivity index (χ2v) is 4.76. The number of benzene rings is 1. The summed E-state index contributed by atoms with van der Waals surface area (Å²) in [6, 6.07) is 3.75. The highest BCUT2D eigenvalue weighted by Gasteiger charge is 2.26. The zero-order chi connectivity index (χ0) is 15.4. The van der Waals surface area contributed by atoms with Crippen LogP contribution in [0.5, 0.6) is 0 Å². The maximum Gasteiger partial charge on any atom is 0.257 e. The Balaban J connectivity index is 2.03. The molecule has 0 unspecified atom stereocenters. The van der Waals surface area contributed by atoms with E-state index in [1.165, 1.54) is 4.90 Å². The molecule has 2 rings (SSSR count). The molecular formula is C14H14F3N3O. The van der Waals surface area contributed by atoms with Crippen LogP contribution in [-0.2, 0) is 0 Å². The van der Waals surface area contributed by atoms with Gasteiger partial charge < -0.3 is 4.90 Å². The van der Waals surface area contributed by atoms with E-state index in [1.807, 2.05) is 11.0 Å². The maximum atomic E-state index is 13.6. The van der Waals surface area contributed by atoms with E-state index < -0.39 is 28.9 Å². The number of nitriles is 1. The van der Waals surface area contributed by atoms with Crippen molar-refractivity contribution in [2.24, 2.45) is 0 Å². The van der Waals surface area contributed by atoms with Crippen molar-refractivity contribution in [1.82, 2.24) is 9.80 Å². The zero-order valence-electron chi connectivity index (χ0n) is 11.3. The molecule has 1 heterocycles. The fourth-order valence-corrected chi connectivity index (χ4v) is 2.24. The van der Waals surface area contributed by atoms with Crippen LogP contribution in [0.4, 0.5) is 13.2 Å². The van der Waals surface area contributed by atoms with Gasteiger partial charge in [0.25, 0.3) is 5.91 Å². The summed E-state index contributed by atoms with van der Waals surface area (Å²) in [5.41, 5.74) is -0.459. The van der Waals surface area contributed by atoms with Crippen molar-refractivity contribution in [1.29, 1.82) is 5.26 Å². The molecule has 1 aromatic rings. The molecule has 0 atom stereocenters. The van der Waals surface area contributed by atoms with E-state index in [1.54, 1.807) is 0 Å². The van der Waals surface area contributed by atoms with Crippen LogP contribution >= 0.6 is 0 Å². The molecule has 1 aromatic carbocycles. The molecule has 0 bridgehead atoms. The molecule has 0 aromatic heterocycles. The van der Waals surface area contributed by atoms with Crippen molar-refractivity contribution < 1.29 is 18.0 Å². The summed E-state index contributed by atoms with van der Waals surface area (Å²) in [4.78, 5) is 15.6. The Morgan fingerprint density at radius 1 is 1.14 bits per heavy atom. The largest absolute Gasteiger partial charge is 0.336 e. The van der Waals surface area contributed by atoms with Gasteiger partial charge in [0.05, 0.1) is 11.6 Å². The molecule has 1 aliphatic rings. The lowest BCUT2D eigenvalue weighted by Crippen LogP contribution is -2.49. The molecule has 1 amide bonds. The van der Waals surface area contributed by atoms with Crippen molar-refractivity contribution in [3.63, 3.8) is 0 Å². The molecule has 21 heavy (non-hydrogen) atoms. The predicted molar refractivity (Wildman–Crippen MR) is 68.9 cm³/mol. The minimum absolute atomic E-state index is 0.364. The zero-order valence-corrected chi connectivity index (χ0v) is 11.3. The van der Waals surface area contributed by atoms with Gasteiger partial charge in [0.2, 0.25) is 0 Å². The Bertz CT molecular complexity index is 578. The normalized spacial score (nSPS) is 15.8. The molecule has 0 aliphatic carbocycles. The number of carbonyl (C=O) groups is 1. The van der Waals surface area contributed by atoms with E-state index in [0.29, 0.717) is 39.1 Å². The molecule has 0 saturated carbocycles. The number of carbonyl (C=O) groups excluding carboxylic acids is 1. The third-order valence-corrected chi connectivity index (χ3v) is 3.46. The summed E-state index contributed by atoms with van der Waals surface area (Å²) >= 11 is 0. The standard InChI is InChI=1S/C14H14F3N3O/c15-11-3-2-10(12(16)13(11)17)14(21)20-8-6-19(7-9-20)5-1-4-18/h2-3H,1,5-9H2. The van der Waals surface area contributed by atoms with Crippen LogP contribution in [0.15, 0.2) is 12.1 Å². The smallest absolute Gasteiger partial charge is 0.257 e. The summed E-state index contributed by atoms with van der Waals surface area (Å²) in [6.07, 6.45) is 0.408. The van der Waals surface area contributed by atoms with Gasteiger partial charge in [-0.25, -0.2) is 13.2 Å². The van der Waals surface area contributed by atoms with Gasteiger partial charge in [-0.15, -0.1) is 0 Å². The lowest BCUT2D eigenvalue weighted by atomic mass is 10.1. The van der Waals surface area contributed by atoms with Crippen LogP contribution in [0.2, 0.25) is 0 Å². The number of halogens is 3. The summed E-state index contributed by atoms with van der Waals surface area (Å²) in [5.74, 6) is -5.04. The Morgan fingerprint density at radius 3 is 2.43 bits per heavy atom. The Kier molecular flexibility index (Phi) is 4.81. The topological polar surface area (TPSA) is 47.3 Å². The van der Waals surface area contributed by atoms with E-state index in [2.05, 4.69) is 0 Å². The molecule has 4 nitrogen and oxygen atoms in total. The minimum atomic E-state index is -1.63. The van der Waals surface area contributed by atoms with Gasteiger partial charge in [0.15, 0.2) is 17.5 Å². The maximum absolute atomic E-state index is 13.6. The molecular weight excluding hydrogens is 283 g/mol. The second-order valence-electron chi connectivity index (χ2n) is 4.76. The highest BCUT2D eigenvalue weighted by Crippen LogP contribution is 2.17. The second kappa shape index (κ2) is 6.59. The van der Waals surface area contributed by atoms with Gasteiger partial charge in [-0.1, -0.05) is 0 Å². The van der Waals surface area contributed by atoms with E-state index in [0.717, 1.165) is 12.1 Å². The van der Waals surface area contributed by atoms with Crippen LogP contribution < -0.4 is 0 Å². The average molecular weight is 297 g/mol. The van der Waals surface area contributed by atoms with Crippen LogP contribution in [0, 0.1) is 28.8 Å². The first kappa shape index (κ1) is 15.3. The Labute approximate surface area is 120 Å². The van der Waals surface area contributed by atoms with E-state index in [-0.39, 0.29) is 0 Å². The van der Waals surface area contributed by atoms with Gasteiger partial charge in [-0.05, 0) is 12.1 Å². The fourth-order valence-electron chi connectivity index (χ4n) is 2.24. The van der Waals surface area contributed by atoms with Gasteiger partial charge in [0, 0.05) is 39.1 Å².